The maximum Gasteiger partial charge on any atom is 0.238 e. The van der Waals surface area contributed by atoms with Crippen LogP contribution in [0.1, 0.15) is 18.1 Å². The Kier molecular flexibility index (Phi) is 5.30. The second kappa shape index (κ2) is 7.19. The fourth-order valence-electron chi connectivity index (χ4n) is 1.86. The molecule has 0 amide bonds. The molecular weight excluding hydrogens is 286 g/mol. The van der Waals surface area contributed by atoms with E-state index in [1.165, 1.54) is 0 Å². The molecule has 0 aliphatic carbocycles. The number of nitrogens with one attached hydrogen (secondary N) is 2. The lowest BCUT2D eigenvalue weighted by atomic mass is 10.1. The van der Waals surface area contributed by atoms with Crippen LogP contribution in [0.15, 0.2) is 48.7 Å². The van der Waals surface area contributed by atoms with E-state index < -0.39 is 10.0 Å². The number of anilines is 1. The molecule has 1 heterocycles. The molecule has 2 rings (SSSR count). The Hall–Kier alpha value is -1.92. The monoisotopic (exact) mass is 305 g/mol. The summed E-state index contributed by atoms with van der Waals surface area (Å²) in [6.45, 7) is 3.74. The highest BCUT2D eigenvalue weighted by molar-refractivity contribution is 7.91. The average Bonchev–Trinajstić information content (AvgIpc) is 2.47. The highest BCUT2D eigenvalue weighted by Gasteiger charge is 2.12. The minimum Gasteiger partial charge on any atom is -0.313 e. The molecule has 6 heteroatoms. The molecule has 0 aliphatic rings. The zero-order chi connectivity index (χ0) is 15.1. The summed E-state index contributed by atoms with van der Waals surface area (Å²) in [6.07, 6.45) is 1.55. The van der Waals surface area contributed by atoms with Gasteiger partial charge in [0.2, 0.25) is 10.0 Å². The molecule has 0 radical (unpaired) electrons. The lowest BCUT2D eigenvalue weighted by molar-refractivity contribution is 0.600. The van der Waals surface area contributed by atoms with E-state index in [9.17, 15) is 8.42 Å². The maximum atomic E-state index is 12.1. The molecule has 0 unspecified atom stereocenters. The van der Waals surface area contributed by atoms with Gasteiger partial charge in [0, 0.05) is 12.7 Å². The quantitative estimate of drug-likeness (QED) is 0.822. The summed E-state index contributed by atoms with van der Waals surface area (Å²) in [4.78, 5) is 3.95. The smallest absolute Gasteiger partial charge is 0.238 e. The van der Waals surface area contributed by atoms with Crippen molar-refractivity contribution in [2.75, 3.05) is 11.3 Å². The summed E-state index contributed by atoms with van der Waals surface area (Å²) in [5.41, 5.74) is 1.88. The van der Waals surface area contributed by atoms with Crippen LogP contribution in [0.25, 0.3) is 0 Å². The normalized spacial score (nSPS) is 11.3. The van der Waals surface area contributed by atoms with Gasteiger partial charge in [0.05, 0.1) is 5.75 Å². The summed E-state index contributed by atoms with van der Waals surface area (Å²) >= 11 is 0. The standard InChI is InChI=1S/C15H19N3O2S/c1-2-16-11-13-6-8-14(9-7-13)12-21(19,20)18-15-5-3-4-10-17-15/h3-10,16H,2,11-12H2,1H3,(H,17,18). The Balaban J connectivity index is 2.00. The molecular formula is C15H19N3O2S. The van der Waals surface area contributed by atoms with Gasteiger partial charge in [-0.25, -0.2) is 13.4 Å². The van der Waals surface area contributed by atoms with E-state index in [1.807, 2.05) is 31.2 Å². The molecule has 0 saturated heterocycles. The third-order valence-electron chi connectivity index (χ3n) is 2.88. The zero-order valence-electron chi connectivity index (χ0n) is 11.9. The number of nitrogens with zero attached hydrogens (tertiary/aromatic N) is 1. The average molecular weight is 305 g/mol. The molecule has 112 valence electrons. The summed E-state index contributed by atoms with van der Waals surface area (Å²) in [6, 6.07) is 12.6. The first-order valence-electron chi connectivity index (χ1n) is 6.79. The molecule has 0 atom stereocenters. The highest BCUT2D eigenvalue weighted by Crippen LogP contribution is 2.11. The lowest BCUT2D eigenvalue weighted by Gasteiger charge is -2.08. The predicted octanol–water partition coefficient (Wildman–Crippen LogP) is 2.13. The Morgan fingerprint density at radius 3 is 2.38 bits per heavy atom. The number of sulfonamides is 1. The first-order valence-corrected chi connectivity index (χ1v) is 8.44. The van der Waals surface area contributed by atoms with E-state index in [1.54, 1.807) is 24.4 Å². The van der Waals surface area contributed by atoms with Gasteiger partial charge in [0.15, 0.2) is 0 Å². The molecule has 0 fully saturated rings. The van der Waals surface area contributed by atoms with Crippen LogP contribution in [0.4, 0.5) is 5.82 Å². The summed E-state index contributed by atoms with van der Waals surface area (Å²) in [7, 11) is -3.45. The van der Waals surface area contributed by atoms with E-state index in [0.29, 0.717) is 5.82 Å². The number of aromatic nitrogens is 1. The van der Waals surface area contributed by atoms with E-state index in [2.05, 4.69) is 15.0 Å². The van der Waals surface area contributed by atoms with Crippen molar-refractivity contribution >= 4 is 15.8 Å². The van der Waals surface area contributed by atoms with Crippen molar-refractivity contribution in [2.45, 2.75) is 19.2 Å². The van der Waals surface area contributed by atoms with Crippen LogP contribution in [0, 0.1) is 0 Å². The van der Waals surface area contributed by atoms with Gasteiger partial charge in [0.1, 0.15) is 5.82 Å². The van der Waals surface area contributed by atoms with E-state index >= 15 is 0 Å². The minimum absolute atomic E-state index is 0.0644. The number of hydrogen-bond donors (Lipinski definition) is 2. The van der Waals surface area contributed by atoms with Gasteiger partial charge in [-0.15, -0.1) is 0 Å². The largest absolute Gasteiger partial charge is 0.313 e. The Morgan fingerprint density at radius 1 is 1.05 bits per heavy atom. The van der Waals surface area contributed by atoms with Crippen molar-refractivity contribution in [1.82, 2.24) is 10.3 Å². The predicted molar refractivity (Wildman–Crippen MR) is 84.3 cm³/mol. The Morgan fingerprint density at radius 2 is 1.76 bits per heavy atom. The van der Waals surface area contributed by atoms with Crippen LogP contribution in [0.2, 0.25) is 0 Å². The second-order valence-corrected chi connectivity index (χ2v) is 6.40. The Labute approximate surface area is 125 Å². The molecule has 2 N–H and O–H groups in total. The molecule has 1 aromatic carbocycles. The van der Waals surface area contributed by atoms with E-state index in [0.717, 1.165) is 24.2 Å². The number of pyridine rings is 1. The first-order chi connectivity index (χ1) is 10.1. The highest BCUT2D eigenvalue weighted by atomic mass is 32.2. The number of hydrogen-bond acceptors (Lipinski definition) is 4. The van der Waals surface area contributed by atoms with Gasteiger partial charge in [-0.05, 0) is 29.8 Å². The first kappa shape index (κ1) is 15.5. The number of benzene rings is 1. The van der Waals surface area contributed by atoms with Gasteiger partial charge >= 0.3 is 0 Å². The van der Waals surface area contributed by atoms with Crippen molar-refractivity contribution in [1.29, 1.82) is 0 Å². The molecule has 0 spiro atoms. The van der Waals surface area contributed by atoms with Gasteiger partial charge in [-0.2, -0.15) is 0 Å². The van der Waals surface area contributed by atoms with E-state index in [4.69, 9.17) is 0 Å². The van der Waals surface area contributed by atoms with Crippen LogP contribution < -0.4 is 10.0 Å². The summed E-state index contributed by atoms with van der Waals surface area (Å²) in [5, 5.41) is 3.23. The molecule has 0 aliphatic heterocycles. The minimum atomic E-state index is -3.45. The van der Waals surface area contributed by atoms with Gasteiger partial charge in [-0.3, -0.25) is 4.72 Å². The lowest BCUT2D eigenvalue weighted by Crippen LogP contribution is -2.16. The van der Waals surface area contributed by atoms with Gasteiger partial charge in [-0.1, -0.05) is 37.3 Å². The topological polar surface area (TPSA) is 71.1 Å². The van der Waals surface area contributed by atoms with Crippen LogP contribution in [0.3, 0.4) is 0 Å². The fourth-order valence-corrected chi connectivity index (χ4v) is 3.00. The van der Waals surface area contributed by atoms with Crippen LogP contribution >= 0.6 is 0 Å². The van der Waals surface area contributed by atoms with Crippen LogP contribution in [-0.2, 0) is 22.3 Å². The summed E-state index contributed by atoms with van der Waals surface area (Å²) in [5.74, 6) is 0.270. The van der Waals surface area contributed by atoms with Crippen LogP contribution in [0.5, 0.6) is 0 Å². The number of rotatable bonds is 7. The third kappa shape index (κ3) is 5.17. The van der Waals surface area contributed by atoms with Crippen LogP contribution in [-0.4, -0.2) is 19.9 Å². The molecule has 0 bridgehead atoms. The molecule has 5 nitrogen and oxygen atoms in total. The molecule has 0 saturated carbocycles. The fraction of sp³-hybridized carbons (Fsp3) is 0.267. The van der Waals surface area contributed by atoms with Gasteiger partial charge < -0.3 is 5.32 Å². The second-order valence-electron chi connectivity index (χ2n) is 4.67. The van der Waals surface area contributed by atoms with Crippen molar-refractivity contribution in [3.63, 3.8) is 0 Å². The molecule has 21 heavy (non-hydrogen) atoms. The molecule has 1 aromatic heterocycles. The van der Waals surface area contributed by atoms with Crippen molar-refractivity contribution in [2.24, 2.45) is 0 Å². The molecule has 2 aromatic rings. The van der Waals surface area contributed by atoms with Crippen molar-refractivity contribution < 1.29 is 8.42 Å². The third-order valence-corrected chi connectivity index (χ3v) is 4.12. The van der Waals surface area contributed by atoms with Crippen molar-refractivity contribution in [3.8, 4) is 0 Å². The zero-order valence-corrected chi connectivity index (χ0v) is 12.7. The van der Waals surface area contributed by atoms with Gasteiger partial charge in [0.25, 0.3) is 0 Å². The van der Waals surface area contributed by atoms with Crippen molar-refractivity contribution in [3.05, 3.63) is 59.8 Å². The maximum absolute atomic E-state index is 12.1. The van der Waals surface area contributed by atoms with E-state index in [-0.39, 0.29) is 5.75 Å². The Bertz CT molecular complexity index is 655. The SMILES string of the molecule is CCNCc1ccc(CS(=O)(=O)Nc2ccccn2)cc1. The summed E-state index contributed by atoms with van der Waals surface area (Å²) < 4.78 is 26.6.